The molecule has 4 heteroatoms. The zero-order valence-electron chi connectivity index (χ0n) is 10.2. The Bertz CT molecular complexity index is 383. The number of nitrogens with zero attached hydrogens (tertiary/aromatic N) is 1. The van der Waals surface area contributed by atoms with Crippen molar-refractivity contribution in [1.29, 1.82) is 0 Å². The molecule has 0 saturated heterocycles. The van der Waals surface area contributed by atoms with Gasteiger partial charge in [0.05, 0.1) is 0 Å². The predicted molar refractivity (Wildman–Crippen MR) is 61.7 cm³/mol. The third-order valence-corrected chi connectivity index (χ3v) is 2.04. The van der Waals surface area contributed by atoms with Crippen molar-refractivity contribution in [2.45, 2.75) is 39.3 Å². The molecule has 0 bridgehead atoms. The molecule has 88 valence electrons. The van der Waals surface area contributed by atoms with Crippen LogP contribution in [-0.4, -0.2) is 16.6 Å². The van der Waals surface area contributed by atoms with E-state index in [4.69, 9.17) is 10.5 Å². The molecule has 1 rings (SSSR count). The molecule has 0 aliphatic heterocycles. The van der Waals surface area contributed by atoms with E-state index in [1.165, 1.54) is 0 Å². The number of carbonyl (C=O) groups is 1. The lowest BCUT2D eigenvalue weighted by Crippen LogP contribution is -2.32. The molecule has 0 aromatic carbocycles. The summed E-state index contributed by atoms with van der Waals surface area (Å²) in [6.45, 7) is 7.26. The van der Waals surface area contributed by atoms with Crippen LogP contribution in [0.2, 0.25) is 0 Å². The van der Waals surface area contributed by atoms with Crippen LogP contribution in [0, 0.1) is 6.92 Å². The molecule has 1 aromatic rings. The van der Waals surface area contributed by atoms with Crippen LogP contribution < -0.4 is 5.73 Å². The van der Waals surface area contributed by atoms with Crippen LogP contribution in [0.1, 0.15) is 38.1 Å². The lowest BCUT2D eigenvalue weighted by atomic mass is 10.1. The van der Waals surface area contributed by atoms with Crippen molar-refractivity contribution in [3.8, 4) is 0 Å². The quantitative estimate of drug-likeness (QED) is 0.774. The Morgan fingerprint density at radius 1 is 1.50 bits per heavy atom. The van der Waals surface area contributed by atoms with Gasteiger partial charge in [-0.1, -0.05) is 6.07 Å². The zero-order valence-corrected chi connectivity index (χ0v) is 10.2. The number of esters is 1. The van der Waals surface area contributed by atoms with Gasteiger partial charge in [0.15, 0.2) is 0 Å². The second-order valence-electron chi connectivity index (χ2n) is 4.69. The van der Waals surface area contributed by atoms with E-state index < -0.39 is 17.6 Å². The third-order valence-electron chi connectivity index (χ3n) is 2.04. The maximum Gasteiger partial charge on any atom is 0.328 e. The van der Waals surface area contributed by atoms with Gasteiger partial charge < -0.3 is 10.5 Å². The van der Waals surface area contributed by atoms with Gasteiger partial charge in [-0.2, -0.15) is 0 Å². The maximum absolute atomic E-state index is 11.7. The monoisotopic (exact) mass is 222 g/mol. The molecule has 16 heavy (non-hydrogen) atoms. The molecule has 0 fully saturated rings. The van der Waals surface area contributed by atoms with E-state index in [0.717, 1.165) is 5.69 Å². The first-order valence-corrected chi connectivity index (χ1v) is 5.21. The lowest BCUT2D eigenvalue weighted by Gasteiger charge is -2.22. The fourth-order valence-corrected chi connectivity index (χ4v) is 1.32. The molecule has 0 aliphatic carbocycles. The van der Waals surface area contributed by atoms with E-state index in [2.05, 4.69) is 4.98 Å². The molecule has 1 unspecified atom stereocenters. The van der Waals surface area contributed by atoms with Gasteiger partial charge in [0, 0.05) is 17.5 Å². The first kappa shape index (κ1) is 12.6. The standard InChI is InChI=1S/C12H18N2O2/c1-8-9(6-5-7-14-8)10(13)11(15)16-12(2,3)4/h5-7,10H,13H2,1-4H3. The highest BCUT2D eigenvalue weighted by Crippen LogP contribution is 2.17. The highest BCUT2D eigenvalue weighted by Gasteiger charge is 2.24. The van der Waals surface area contributed by atoms with Gasteiger partial charge in [-0.3, -0.25) is 4.98 Å². The Labute approximate surface area is 95.8 Å². The largest absolute Gasteiger partial charge is 0.459 e. The number of hydrogen-bond donors (Lipinski definition) is 1. The summed E-state index contributed by atoms with van der Waals surface area (Å²) in [5.74, 6) is -0.427. The average molecular weight is 222 g/mol. The van der Waals surface area contributed by atoms with Crippen LogP contribution in [0.3, 0.4) is 0 Å². The molecule has 1 atom stereocenters. The Morgan fingerprint density at radius 2 is 2.12 bits per heavy atom. The minimum Gasteiger partial charge on any atom is -0.459 e. The van der Waals surface area contributed by atoms with E-state index in [-0.39, 0.29) is 0 Å². The van der Waals surface area contributed by atoms with Crippen molar-refractivity contribution >= 4 is 5.97 Å². The summed E-state index contributed by atoms with van der Waals surface area (Å²) in [7, 11) is 0. The molecular formula is C12H18N2O2. The fourth-order valence-electron chi connectivity index (χ4n) is 1.32. The number of aromatic nitrogens is 1. The normalized spacial score (nSPS) is 13.3. The third kappa shape index (κ3) is 3.31. The smallest absolute Gasteiger partial charge is 0.328 e. The van der Waals surface area contributed by atoms with Crippen molar-refractivity contribution in [3.05, 3.63) is 29.6 Å². The summed E-state index contributed by atoms with van der Waals surface area (Å²) in [5.41, 5.74) is 6.77. The molecule has 0 saturated carbocycles. The Hall–Kier alpha value is -1.42. The highest BCUT2D eigenvalue weighted by atomic mass is 16.6. The molecular weight excluding hydrogens is 204 g/mol. The van der Waals surface area contributed by atoms with Gasteiger partial charge in [0.25, 0.3) is 0 Å². The Kier molecular flexibility index (Phi) is 3.65. The summed E-state index contributed by atoms with van der Waals surface area (Å²) in [6, 6.07) is 2.77. The first-order chi connectivity index (χ1) is 7.31. The van der Waals surface area contributed by atoms with Gasteiger partial charge in [0.2, 0.25) is 0 Å². The molecule has 0 radical (unpaired) electrons. The van der Waals surface area contributed by atoms with Crippen LogP contribution in [-0.2, 0) is 9.53 Å². The van der Waals surface area contributed by atoms with Gasteiger partial charge in [-0.25, -0.2) is 4.79 Å². The topological polar surface area (TPSA) is 65.2 Å². The van der Waals surface area contributed by atoms with E-state index in [1.807, 2.05) is 27.7 Å². The minimum absolute atomic E-state index is 0.427. The van der Waals surface area contributed by atoms with Gasteiger partial charge in [-0.15, -0.1) is 0 Å². The SMILES string of the molecule is Cc1ncccc1C(N)C(=O)OC(C)(C)C. The molecule has 4 nitrogen and oxygen atoms in total. The number of pyridine rings is 1. The van der Waals surface area contributed by atoms with Crippen LogP contribution in [0.15, 0.2) is 18.3 Å². The summed E-state index contributed by atoms with van der Waals surface area (Å²) >= 11 is 0. The summed E-state index contributed by atoms with van der Waals surface area (Å²) in [5, 5.41) is 0. The number of carbonyl (C=O) groups excluding carboxylic acids is 1. The van der Waals surface area contributed by atoms with E-state index in [0.29, 0.717) is 5.56 Å². The Morgan fingerprint density at radius 3 is 2.62 bits per heavy atom. The van der Waals surface area contributed by atoms with Crippen molar-refractivity contribution < 1.29 is 9.53 Å². The highest BCUT2D eigenvalue weighted by molar-refractivity contribution is 5.78. The summed E-state index contributed by atoms with van der Waals surface area (Å²) in [4.78, 5) is 15.8. The number of ether oxygens (including phenoxy) is 1. The number of aryl methyl sites for hydroxylation is 1. The molecule has 2 N–H and O–H groups in total. The van der Waals surface area contributed by atoms with Crippen molar-refractivity contribution in [2.75, 3.05) is 0 Å². The molecule has 0 amide bonds. The number of hydrogen-bond acceptors (Lipinski definition) is 4. The number of rotatable bonds is 2. The van der Waals surface area contributed by atoms with Crippen LogP contribution in [0.25, 0.3) is 0 Å². The summed E-state index contributed by atoms with van der Waals surface area (Å²) in [6.07, 6.45) is 1.67. The summed E-state index contributed by atoms with van der Waals surface area (Å²) < 4.78 is 5.22. The van der Waals surface area contributed by atoms with Gasteiger partial charge >= 0.3 is 5.97 Å². The first-order valence-electron chi connectivity index (χ1n) is 5.21. The molecule has 1 aromatic heterocycles. The van der Waals surface area contributed by atoms with Gasteiger partial charge in [0.1, 0.15) is 11.6 Å². The van der Waals surface area contributed by atoms with Crippen molar-refractivity contribution in [3.63, 3.8) is 0 Å². The predicted octanol–water partition coefficient (Wildman–Crippen LogP) is 1.73. The molecule has 1 heterocycles. The van der Waals surface area contributed by atoms with Crippen molar-refractivity contribution in [1.82, 2.24) is 4.98 Å². The lowest BCUT2D eigenvalue weighted by molar-refractivity contribution is -0.156. The number of nitrogens with two attached hydrogens (primary N) is 1. The molecule has 0 aliphatic rings. The second kappa shape index (κ2) is 4.61. The second-order valence-corrected chi connectivity index (χ2v) is 4.69. The minimum atomic E-state index is -0.770. The van der Waals surface area contributed by atoms with Crippen LogP contribution in [0.4, 0.5) is 0 Å². The van der Waals surface area contributed by atoms with E-state index >= 15 is 0 Å². The van der Waals surface area contributed by atoms with Crippen molar-refractivity contribution in [2.24, 2.45) is 5.73 Å². The van der Waals surface area contributed by atoms with E-state index in [1.54, 1.807) is 18.3 Å². The van der Waals surface area contributed by atoms with Gasteiger partial charge in [-0.05, 0) is 33.8 Å². The fraction of sp³-hybridized carbons (Fsp3) is 0.500. The van der Waals surface area contributed by atoms with E-state index in [9.17, 15) is 4.79 Å². The van der Waals surface area contributed by atoms with Crippen LogP contribution in [0.5, 0.6) is 0 Å². The zero-order chi connectivity index (χ0) is 12.3. The molecule has 0 spiro atoms. The Balaban J connectivity index is 2.83. The van der Waals surface area contributed by atoms with Crippen LogP contribution >= 0.6 is 0 Å². The average Bonchev–Trinajstić information content (AvgIpc) is 2.15. The maximum atomic E-state index is 11.7.